The van der Waals surface area contributed by atoms with Gasteiger partial charge < -0.3 is 19.6 Å². The predicted molar refractivity (Wildman–Crippen MR) is 123 cm³/mol. The lowest BCUT2D eigenvalue weighted by Crippen LogP contribution is -2.34. The summed E-state index contributed by atoms with van der Waals surface area (Å²) in [5.41, 5.74) is 1.65. The number of rotatable bonds is 9. The number of carbonyl (C=O) groups is 1. The molecule has 0 spiro atoms. The number of carbonyl (C=O) groups excluding carboxylic acids is 1. The summed E-state index contributed by atoms with van der Waals surface area (Å²) in [6.45, 7) is 6.76. The molecule has 1 N–H and O–H groups in total. The maximum Gasteiger partial charge on any atom is 0.261 e. The van der Waals surface area contributed by atoms with Crippen LogP contribution in [0.25, 0.3) is 11.0 Å². The lowest BCUT2D eigenvalue weighted by atomic mass is 10.1. The van der Waals surface area contributed by atoms with E-state index in [-0.39, 0.29) is 23.5 Å². The van der Waals surface area contributed by atoms with Crippen LogP contribution < -0.4 is 19.6 Å². The molecule has 12 heteroatoms. The number of benzene rings is 2. The number of nitrogens with zero attached hydrogens (tertiary/aromatic N) is 4. The molecular formula is C22H27N5O6S. The van der Waals surface area contributed by atoms with Crippen molar-refractivity contribution in [3.8, 4) is 11.5 Å². The van der Waals surface area contributed by atoms with Gasteiger partial charge in [-0.2, -0.15) is 4.31 Å². The van der Waals surface area contributed by atoms with E-state index in [2.05, 4.69) is 15.6 Å². The quantitative estimate of drug-likeness (QED) is 0.480. The van der Waals surface area contributed by atoms with Gasteiger partial charge in [0.25, 0.3) is 5.91 Å². The molecule has 4 rings (SSSR count). The molecule has 0 radical (unpaired) electrons. The summed E-state index contributed by atoms with van der Waals surface area (Å²) in [6, 6.07) is 9.70. The molecule has 2 aromatic carbocycles. The Morgan fingerprint density at radius 2 is 1.88 bits per heavy atom. The molecule has 34 heavy (non-hydrogen) atoms. The maximum atomic E-state index is 12.8. The highest BCUT2D eigenvalue weighted by molar-refractivity contribution is 7.89. The van der Waals surface area contributed by atoms with Crippen LogP contribution in [0.2, 0.25) is 0 Å². The van der Waals surface area contributed by atoms with Gasteiger partial charge in [0.1, 0.15) is 24.2 Å². The zero-order chi connectivity index (χ0) is 24.3. The van der Waals surface area contributed by atoms with Gasteiger partial charge in [-0.3, -0.25) is 4.79 Å². The van der Waals surface area contributed by atoms with Crippen molar-refractivity contribution < 1.29 is 27.5 Å². The van der Waals surface area contributed by atoms with Gasteiger partial charge >= 0.3 is 0 Å². The summed E-state index contributed by atoms with van der Waals surface area (Å²) in [5, 5.41) is 10.7. The van der Waals surface area contributed by atoms with Crippen molar-refractivity contribution in [1.29, 1.82) is 0 Å². The van der Waals surface area contributed by atoms with E-state index >= 15 is 0 Å². The molecule has 1 amide bonds. The minimum Gasteiger partial charge on any atom is -0.486 e. The van der Waals surface area contributed by atoms with Gasteiger partial charge in [0.2, 0.25) is 10.0 Å². The van der Waals surface area contributed by atoms with E-state index < -0.39 is 10.0 Å². The highest BCUT2D eigenvalue weighted by Crippen LogP contribution is 2.32. The van der Waals surface area contributed by atoms with Crippen molar-refractivity contribution >= 4 is 27.0 Å². The smallest absolute Gasteiger partial charge is 0.261 e. The molecule has 3 aromatic rings. The Kier molecular flexibility index (Phi) is 6.89. The molecule has 0 aliphatic carbocycles. The topological polar surface area (TPSA) is 125 Å². The SMILES string of the molecule is CCN(CC)S(=O)(=O)c1ccc2nnn(OCC(=O)N[C@H](C)c3ccc4c(c3)OCCO4)c2c1. The van der Waals surface area contributed by atoms with Gasteiger partial charge in [0, 0.05) is 13.1 Å². The highest BCUT2D eigenvalue weighted by Gasteiger charge is 2.23. The molecular weight excluding hydrogens is 462 g/mol. The van der Waals surface area contributed by atoms with Gasteiger partial charge in [0.15, 0.2) is 18.1 Å². The van der Waals surface area contributed by atoms with Gasteiger partial charge in [0.05, 0.1) is 10.9 Å². The number of hydrogen-bond acceptors (Lipinski definition) is 8. The number of aromatic nitrogens is 3. The molecule has 2 heterocycles. The fourth-order valence-electron chi connectivity index (χ4n) is 3.66. The summed E-state index contributed by atoms with van der Waals surface area (Å²) >= 11 is 0. The van der Waals surface area contributed by atoms with Crippen molar-refractivity contribution in [2.45, 2.75) is 31.7 Å². The van der Waals surface area contributed by atoms with Crippen LogP contribution >= 0.6 is 0 Å². The minimum absolute atomic E-state index is 0.104. The fraction of sp³-hybridized carbons (Fsp3) is 0.409. The first kappa shape index (κ1) is 23.8. The van der Waals surface area contributed by atoms with Crippen LogP contribution in [0.1, 0.15) is 32.4 Å². The molecule has 1 aliphatic rings. The van der Waals surface area contributed by atoms with E-state index in [1.165, 1.54) is 16.4 Å². The van der Waals surface area contributed by atoms with Crippen LogP contribution in [0.4, 0.5) is 0 Å². The molecule has 1 aliphatic heterocycles. The fourth-order valence-corrected chi connectivity index (χ4v) is 5.14. The Morgan fingerprint density at radius 3 is 2.62 bits per heavy atom. The van der Waals surface area contributed by atoms with Crippen molar-refractivity contribution in [3.05, 3.63) is 42.0 Å². The first-order chi connectivity index (χ1) is 16.3. The second-order valence-electron chi connectivity index (χ2n) is 7.67. The van der Waals surface area contributed by atoms with E-state index in [1.807, 2.05) is 25.1 Å². The Balaban J connectivity index is 1.43. The lowest BCUT2D eigenvalue weighted by Gasteiger charge is -2.21. The van der Waals surface area contributed by atoms with Crippen molar-refractivity contribution in [2.24, 2.45) is 0 Å². The van der Waals surface area contributed by atoms with Crippen LogP contribution in [-0.4, -0.2) is 66.7 Å². The molecule has 182 valence electrons. The Labute approximate surface area is 197 Å². The van der Waals surface area contributed by atoms with Gasteiger partial charge in [-0.1, -0.05) is 24.8 Å². The molecule has 11 nitrogen and oxygen atoms in total. The van der Waals surface area contributed by atoms with E-state index in [0.29, 0.717) is 48.8 Å². The lowest BCUT2D eigenvalue weighted by molar-refractivity contribution is -0.127. The van der Waals surface area contributed by atoms with Crippen LogP contribution in [0, 0.1) is 0 Å². The molecule has 0 saturated heterocycles. The standard InChI is InChI=1S/C22H27N5O6S/c1-4-26(5-2)34(29,30)17-7-8-18-19(13-17)27(25-24-18)33-14-22(28)23-15(3)16-6-9-20-21(12-16)32-11-10-31-20/h6-9,12-13,15H,4-5,10-11,14H2,1-3H3,(H,23,28)/t15-/m1/s1. The number of fused-ring (bicyclic) bond motifs is 2. The Hall–Kier alpha value is -3.38. The molecule has 0 saturated carbocycles. The third-order valence-corrected chi connectivity index (χ3v) is 7.54. The average Bonchev–Trinajstić information content (AvgIpc) is 3.25. The maximum absolute atomic E-state index is 12.8. The molecule has 1 aromatic heterocycles. The van der Waals surface area contributed by atoms with Crippen molar-refractivity contribution in [3.63, 3.8) is 0 Å². The third-order valence-electron chi connectivity index (χ3n) is 5.49. The van der Waals surface area contributed by atoms with Gasteiger partial charge in [-0.25, -0.2) is 8.42 Å². The number of nitrogens with one attached hydrogen (secondary N) is 1. The summed E-state index contributed by atoms with van der Waals surface area (Å²) in [6.07, 6.45) is 0. The number of amides is 1. The Morgan fingerprint density at radius 1 is 1.15 bits per heavy atom. The van der Waals surface area contributed by atoms with E-state index in [4.69, 9.17) is 14.3 Å². The Bertz CT molecular complexity index is 1290. The van der Waals surface area contributed by atoms with Crippen LogP contribution in [0.3, 0.4) is 0 Å². The van der Waals surface area contributed by atoms with E-state index in [0.717, 1.165) is 10.4 Å². The molecule has 0 unspecified atom stereocenters. The predicted octanol–water partition coefficient (Wildman–Crippen LogP) is 1.54. The number of ether oxygens (including phenoxy) is 2. The highest BCUT2D eigenvalue weighted by atomic mass is 32.2. The van der Waals surface area contributed by atoms with Crippen molar-refractivity contribution in [1.82, 2.24) is 24.8 Å². The van der Waals surface area contributed by atoms with Gasteiger partial charge in [-0.15, -0.1) is 5.10 Å². The van der Waals surface area contributed by atoms with Crippen LogP contribution in [0.5, 0.6) is 11.5 Å². The second-order valence-corrected chi connectivity index (χ2v) is 9.61. The minimum atomic E-state index is -3.66. The average molecular weight is 490 g/mol. The molecule has 0 bridgehead atoms. The normalized spacial score (nSPS) is 14.2. The van der Waals surface area contributed by atoms with Crippen molar-refractivity contribution in [2.75, 3.05) is 32.9 Å². The summed E-state index contributed by atoms with van der Waals surface area (Å²) < 4.78 is 38.1. The second kappa shape index (κ2) is 9.85. The van der Waals surface area contributed by atoms with E-state index in [1.54, 1.807) is 19.9 Å². The largest absolute Gasteiger partial charge is 0.486 e. The third kappa shape index (κ3) is 4.77. The zero-order valence-corrected chi connectivity index (χ0v) is 20.0. The van der Waals surface area contributed by atoms with Crippen LogP contribution in [-0.2, 0) is 14.8 Å². The molecule has 0 fully saturated rings. The number of hydrogen-bond donors (Lipinski definition) is 1. The number of sulfonamides is 1. The first-order valence-corrected chi connectivity index (χ1v) is 12.4. The summed E-state index contributed by atoms with van der Waals surface area (Å²) in [7, 11) is -3.66. The zero-order valence-electron chi connectivity index (χ0n) is 19.2. The monoisotopic (exact) mass is 489 g/mol. The van der Waals surface area contributed by atoms with E-state index in [9.17, 15) is 13.2 Å². The van der Waals surface area contributed by atoms with Crippen LogP contribution in [0.15, 0.2) is 41.3 Å². The first-order valence-electron chi connectivity index (χ1n) is 11.0. The van der Waals surface area contributed by atoms with Gasteiger partial charge in [-0.05, 0) is 48.0 Å². The summed E-state index contributed by atoms with van der Waals surface area (Å²) in [5.74, 6) is 0.945. The summed E-state index contributed by atoms with van der Waals surface area (Å²) in [4.78, 5) is 19.2. The molecule has 1 atom stereocenters.